The van der Waals surface area contributed by atoms with Crippen LogP contribution >= 0.6 is 0 Å². The van der Waals surface area contributed by atoms with Gasteiger partial charge in [0.15, 0.2) is 5.78 Å². The molecule has 0 spiro atoms. The summed E-state index contributed by atoms with van der Waals surface area (Å²) in [5.41, 5.74) is 3.78. The van der Waals surface area contributed by atoms with Crippen molar-refractivity contribution in [2.24, 2.45) is 0 Å². The smallest absolute Gasteiger partial charge is 0.247 e. The van der Waals surface area contributed by atoms with Gasteiger partial charge in [0.25, 0.3) is 0 Å². The highest BCUT2D eigenvalue weighted by molar-refractivity contribution is 6.08. The maximum atomic E-state index is 14.5. The fourth-order valence-electron chi connectivity index (χ4n) is 5.10. The first-order chi connectivity index (χ1) is 19.4. The molecule has 11 nitrogen and oxygen atoms in total. The Morgan fingerprint density at radius 3 is 2.65 bits per heavy atom. The first-order valence-corrected chi connectivity index (χ1v) is 12.7. The van der Waals surface area contributed by atoms with Gasteiger partial charge in [0.05, 0.1) is 36.3 Å². The fourth-order valence-corrected chi connectivity index (χ4v) is 5.10. The molecule has 202 valence electrons. The number of nitrogens with one attached hydrogen (secondary N) is 3. The Kier molecular flexibility index (Phi) is 6.42. The molecule has 5 aromatic rings. The lowest BCUT2D eigenvalue weighted by atomic mass is 10.1. The number of carbonyl (C=O) groups is 3. The lowest BCUT2D eigenvalue weighted by Gasteiger charge is -2.24. The summed E-state index contributed by atoms with van der Waals surface area (Å²) in [5.74, 6) is -1.04. The molecule has 1 fully saturated rings. The number of aromatic amines is 1. The summed E-state index contributed by atoms with van der Waals surface area (Å²) in [6.07, 6.45) is 6.57. The number of hydrogen-bond donors (Lipinski definition) is 3. The maximum absolute atomic E-state index is 14.5. The molecule has 0 aliphatic carbocycles. The minimum absolute atomic E-state index is 0.0901. The minimum Gasteiger partial charge on any atom is -0.353 e. The molecule has 0 saturated carbocycles. The number of Topliss-reactive ketones (excluding diaryl/α,β-unsaturated/α-hetero) is 1. The summed E-state index contributed by atoms with van der Waals surface area (Å²) in [7, 11) is 0. The number of fused-ring (bicyclic) bond motifs is 2. The second kappa shape index (κ2) is 10.2. The van der Waals surface area contributed by atoms with Crippen LogP contribution in [0.3, 0.4) is 0 Å². The van der Waals surface area contributed by atoms with Gasteiger partial charge in [-0.2, -0.15) is 5.10 Å². The number of amides is 2. The number of hydrogen-bond acceptors (Lipinski definition) is 7. The average Bonchev–Trinajstić information content (AvgIpc) is 3.66. The van der Waals surface area contributed by atoms with Crippen LogP contribution < -0.4 is 10.6 Å². The van der Waals surface area contributed by atoms with Crippen LogP contribution in [0.4, 0.5) is 21.5 Å². The van der Waals surface area contributed by atoms with E-state index in [1.165, 1.54) is 18.2 Å². The van der Waals surface area contributed by atoms with Gasteiger partial charge < -0.3 is 20.1 Å². The number of aromatic nitrogens is 5. The highest BCUT2D eigenvalue weighted by atomic mass is 19.1. The SMILES string of the molecule is CC(=O)c1cn(CC(=O)N2CC(F)CC2C(=O)Nc2ccc3cn[nH]c3c2)c2ccc(Nc3cncnc3)cc12. The first-order valence-electron chi connectivity index (χ1n) is 12.7. The number of ketones is 1. The van der Waals surface area contributed by atoms with Crippen LogP contribution in [0.5, 0.6) is 0 Å². The molecule has 2 aromatic carbocycles. The first kappa shape index (κ1) is 25.2. The molecular weight excluding hydrogens is 515 g/mol. The van der Waals surface area contributed by atoms with Crippen LogP contribution in [0.1, 0.15) is 23.7 Å². The maximum Gasteiger partial charge on any atom is 0.247 e. The van der Waals surface area contributed by atoms with Gasteiger partial charge >= 0.3 is 0 Å². The molecule has 0 radical (unpaired) electrons. The molecule has 1 saturated heterocycles. The lowest BCUT2D eigenvalue weighted by molar-refractivity contribution is -0.137. The summed E-state index contributed by atoms with van der Waals surface area (Å²) < 4.78 is 16.2. The normalized spacial score (nSPS) is 16.9. The molecule has 12 heteroatoms. The molecule has 3 N–H and O–H groups in total. The average molecular weight is 541 g/mol. The third kappa shape index (κ3) is 4.86. The molecule has 1 aliphatic heterocycles. The van der Waals surface area contributed by atoms with Crippen LogP contribution in [0.15, 0.2) is 67.5 Å². The van der Waals surface area contributed by atoms with E-state index in [9.17, 15) is 18.8 Å². The molecule has 6 rings (SSSR count). The van der Waals surface area contributed by atoms with Crippen molar-refractivity contribution in [1.82, 2.24) is 29.6 Å². The Hall–Kier alpha value is -5.13. The molecule has 0 bridgehead atoms. The van der Waals surface area contributed by atoms with E-state index in [1.807, 2.05) is 18.2 Å². The van der Waals surface area contributed by atoms with Gasteiger partial charge in [-0.25, -0.2) is 14.4 Å². The van der Waals surface area contributed by atoms with Gasteiger partial charge in [-0.05, 0) is 43.3 Å². The van der Waals surface area contributed by atoms with E-state index in [0.29, 0.717) is 27.8 Å². The Bertz CT molecular complexity index is 1750. The molecule has 3 aromatic heterocycles. The number of alkyl halides is 1. The zero-order chi connectivity index (χ0) is 27.8. The van der Waals surface area contributed by atoms with Gasteiger partial charge in [0.2, 0.25) is 11.8 Å². The summed E-state index contributed by atoms with van der Waals surface area (Å²) in [4.78, 5) is 48.3. The van der Waals surface area contributed by atoms with Crippen molar-refractivity contribution < 1.29 is 18.8 Å². The number of anilines is 3. The van der Waals surface area contributed by atoms with Crippen LogP contribution in [-0.4, -0.2) is 66.0 Å². The van der Waals surface area contributed by atoms with Crippen LogP contribution in [0.25, 0.3) is 21.8 Å². The molecular formula is C28H25FN8O3. The number of carbonyl (C=O) groups excluding carboxylic acids is 3. The Morgan fingerprint density at radius 1 is 1.05 bits per heavy atom. The number of halogens is 1. The second-order valence-corrected chi connectivity index (χ2v) is 9.77. The zero-order valence-corrected chi connectivity index (χ0v) is 21.5. The van der Waals surface area contributed by atoms with Crippen molar-refractivity contribution in [3.63, 3.8) is 0 Å². The van der Waals surface area contributed by atoms with Crippen LogP contribution in [-0.2, 0) is 16.1 Å². The predicted molar refractivity (Wildman–Crippen MR) is 147 cm³/mol. The third-order valence-electron chi connectivity index (χ3n) is 7.00. The van der Waals surface area contributed by atoms with Crippen molar-refractivity contribution in [2.75, 3.05) is 17.2 Å². The topological polar surface area (TPSA) is 138 Å². The van der Waals surface area contributed by atoms with E-state index < -0.39 is 24.0 Å². The van der Waals surface area contributed by atoms with E-state index >= 15 is 0 Å². The van der Waals surface area contributed by atoms with Gasteiger partial charge in [0.1, 0.15) is 25.1 Å². The standard InChI is InChI=1S/C28H25FN8O3/c1-16(38)23-13-36(25-5-4-19(7-22(23)25)33-21-10-30-15-31-11-21)14-27(39)37-12-18(29)6-26(37)28(40)34-20-3-2-17-9-32-35-24(17)8-20/h2-5,7-11,13,15,18,26,33H,6,12,14H2,1H3,(H,32,35)(H,34,40). The van der Waals surface area contributed by atoms with Crippen molar-refractivity contribution in [3.05, 3.63) is 73.1 Å². The summed E-state index contributed by atoms with van der Waals surface area (Å²) in [5, 5.41) is 14.4. The monoisotopic (exact) mass is 540 g/mol. The van der Waals surface area contributed by atoms with E-state index in [4.69, 9.17) is 0 Å². The van der Waals surface area contributed by atoms with Gasteiger partial charge in [-0.15, -0.1) is 0 Å². The van der Waals surface area contributed by atoms with E-state index in [1.54, 1.807) is 47.6 Å². The Labute approximate surface area is 227 Å². The highest BCUT2D eigenvalue weighted by Gasteiger charge is 2.40. The quantitative estimate of drug-likeness (QED) is 0.267. The lowest BCUT2D eigenvalue weighted by Crippen LogP contribution is -2.44. The van der Waals surface area contributed by atoms with Crippen molar-refractivity contribution in [1.29, 1.82) is 0 Å². The summed E-state index contributed by atoms with van der Waals surface area (Å²) in [6, 6.07) is 9.75. The minimum atomic E-state index is -1.32. The fraction of sp³-hybridized carbons (Fsp3) is 0.214. The van der Waals surface area contributed by atoms with Crippen LogP contribution in [0.2, 0.25) is 0 Å². The summed E-state index contributed by atoms with van der Waals surface area (Å²) >= 11 is 0. The molecule has 4 heterocycles. The molecule has 2 unspecified atom stereocenters. The second-order valence-electron chi connectivity index (χ2n) is 9.77. The summed E-state index contributed by atoms with van der Waals surface area (Å²) in [6.45, 7) is 1.13. The van der Waals surface area contributed by atoms with E-state index in [2.05, 4.69) is 30.8 Å². The highest BCUT2D eigenvalue weighted by Crippen LogP contribution is 2.29. The molecule has 2 atom stereocenters. The van der Waals surface area contributed by atoms with Crippen molar-refractivity contribution in [2.45, 2.75) is 32.1 Å². The number of rotatable bonds is 7. The molecule has 2 amide bonds. The number of likely N-dealkylation sites (tertiary alicyclic amines) is 1. The largest absolute Gasteiger partial charge is 0.353 e. The van der Waals surface area contributed by atoms with Gasteiger partial charge in [0, 0.05) is 45.8 Å². The molecule has 40 heavy (non-hydrogen) atoms. The number of nitrogens with zero attached hydrogens (tertiary/aromatic N) is 5. The van der Waals surface area contributed by atoms with Gasteiger partial charge in [-0.3, -0.25) is 19.5 Å². The Morgan fingerprint density at radius 2 is 1.85 bits per heavy atom. The van der Waals surface area contributed by atoms with Crippen molar-refractivity contribution >= 4 is 56.5 Å². The zero-order valence-electron chi connectivity index (χ0n) is 21.5. The Balaban J connectivity index is 1.22. The molecule has 1 aliphatic rings. The van der Waals surface area contributed by atoms with Crippen LogP contribution in [0, 0.1) is 0 Å². The van der Waals surface area contributed by atoms with Gasteiger partial charge in [-0.1, -0.05) is 0 Å². The van der Waals surface area contributed by atoms with Crippen molar-refractivity contribution in [3.8, 4) is 0 Å². The number of H-pyrrole nitrogens is 1. The number of benzene rings is 2. The van der Waals surface area contributed by atoms with E-state index in [0.717, 1.165) is 16.6 Å². The van der Waals surface area contributed by atoms with E-state index in [-0.39, 0.29) is 25.3 Å². The third-order valence-corrected chi connectivity index (χ3v) is 7.00. The predicted octanol–water partition coefficient (Wildman–Crippen LogP) is 3.83.